The Morgan fingerprint density at radius 2 is 2.24 bits per heavy atom. The smallest absolute Gasteiger partial charge is 0.147 e. The van der Waals surface area contributed by atoms with E-state index in [1.54, 1.807) is 0 Å². The second-order valence-corrected chi connectivity index (χ2v) is 4.75. The molecule has 1 aliphatic rings. The Kier molecular flexibility index (Phi) is 3.30. The molecular formula is C13H18N4. The highest BCUT2D eigenvalue weighted by molar-refractivity contribution is 5.55. The zero-order chi connectivity index (χ0) is 12.4. The van der Waals surface area contributed by atoms with Crippen molar-refractivity contribution >= 4 is 5.82 Å². The number of rotatable bonds is 1. The van der Waals surface area contributed by atoms with Crippen LogP contribution in [0.15, 0.2) is 12.1 Å². The van der Waals surface area contributed by atoms with Crippen molar-refractivity contribution < 1.29 is 0 Å². The lowest BCUT2D eigenvalue weighted by Crippen LogP contribution is -2.55. The van der Waals surface area contributed by atoms with Gasteiger partial charge in [-0.25, -0.2) is 4.98 Å². The Labute approximate surface area is 102 Å². The lowest BCUT2D eigenvalue weighted by atomic mass is 10.1. The topological polar surface area (TPSA) is 52.0 Å². The van der Waals surface area contributed by atoms with E-state index in [4.69, 9.17) is 5.26 Å². The summed E-state index contributed by atoms with van der Waals surface area (Å²) in [5, 5.41) is 12.6. The normalized spacial score (nSPS) is 24.5. The van der Waals surface area contributed by atoms with Crippen LogP contribution in [-0.4, -0.2) is 30.2 Å². The maximum Gasteiger partial charge on any atom is 0.147 e. The molecule has 1 aromatic heterocycles. The minimum atomic E-state index is 0.368. The zero-order valence-electron chi connectivity index (χ0n) is 10.6. The molecule has 1 aliphatic heterocycles. The van der Waals surface area contributed by atoms with Crippen LogP contribution in [0.3, 0.4) is 0 Å². The van der Waals surface area contributed by atoms with Crippen molar-refractivity contribution in [3.8, 4) is 6.07 Å². The first-order chi connectivity index (χ1) is 8.11. The molecular weight excluding hydrogens is 212 g/mol. The van der Waals surface area contributed by atoms with E-state index in [0.29, 0.717) is 17.6 Å². The summed E-state index contributed by atoms with van der Waals surface area (Å²) < 4.78 is 0. The number of aromatic nitrogens is 1. The molecule has 0 bridgehead atoms. The number of nitrogens with zero attached hydrogens (tertiary/aromatic N) is 3. The van der Waals surface area contributed by atoms with Gasteiger partial charge in [-0.1, -0.05) is 0 Å². The van der Waals surface area contributed by atoms with Crippen LogP contribution in [0, 0.1) is 18.3 Å². The Morgan fingerprint density at radius 3 is 2.94 bits per heavy atom. The number of nitrogens with one attached hydrogen (secondary N) is 1. The summed E-state index contributed by atoms with van der Waals surface area (Å²) in [6.07, 6.45) is 0. The van der Waals surface area contributed by atoms with Crippen molar-refractivity contribution in [3.63, 3.8) is 0 Å². The molecule has 2 rings (SSSR count). The molecule has 2 heterocycles. The zero-order valence-corrected chi connectivity index (χ0v) is 10.6. The van der Waals surface area contributed by atoms with Crippen molar-refractivity contribution in [2.45, 2.75) is 32.9 Å². The summed E-state index contributed by atoms with van der Waals surface area (Å²) in [7, 11) is 0. The Morgan fingerprint density at radius 1 is 1.47 bits per heavy atom. The summed E-state index contributed by atoms with van der Waals surface area (Å²) >= 11 is 0. The van der Waals surface area contributed by atoms with Gasteiger partial charge in [-0.15, -0.1) is 0 Å². The molecule has 0 radical (unpaired) electrons. The first kappa shape index (κ1) is 11.9. The predicted molar refractivity (Wildman–Crippen MR) is 68.0 cm³/mol. The number of hydrogen-bond acceptors (Lipinski definition) is 4. The number of hydrogen-bond donors (Lipinski definition) is 1. The molecule has 2 unspecified atom stereocenters. The molecule has 1 N–H and O–H groups in total. The number of nitriles is 1. The van der Waals surface area contributed by atoms with Gasteiger partial charge in [-0.3, -0.25) is 0 Å². The molecule has 0 saturated carbocycles. The van der Waals surface area contributed by atoms with Gasteiger partial charge in [0.2, 0.25) is 0 Å². The monoisotopic (exact) mass is 230 g/mol. The minimum absolute atomic E-state index is 0.368. The highest BCUT2D eigenvalue weighted by Gasteiger charge is 2.25. The van der Waals surface area contributed by atoms with Gasteiger partial charge >= 0.3 is 0 Å². The highest BCUT2D eigenvalue weighted by Crippen LogP contribution is 2.22. The van der Waals surface area contributed by atoms with E-state index in [-0.39, 0.29) is 0 Å². The fourth-order valence-electron chi connectivity index (χ4n) is 2.17. The average Bonchev–Trinajstić information content (AvgIpc) is 2.32. The molecule has 4 heteroatoms. The van der Waals surface area contributed by atoms with Gasteiger partial charge in [0.1, 0.15) is 11.9 Å². The largest absolute Gasteiger partial charge is 0.350 e. The third kappa shape index (κ3) is 2.40. The number of pyridine rings is 1. The van der Waals surface area contributed by atoms with Crippen LogP contribution in [-0.2, 0) is 0 Å². The predicted octanol–water partition coefficient (Wildman–Crippen LogP) is 1.45. The fraction of sp³-hybridized carbons (Fsp3) is 0.538. The van der Waals surface area contributed by atoms with Gasteiger partial charge < -0.3 is 10.2 Å². The molecule has 0 spiro atoms. The van der Waals surface area contributed by atoms with E-state index in [2.05, 4.69) is 35.1 Å². The molecule has 1 fully saturated rings. The molecule has 4 nitrogen and oxygen atoms in total. The minimum Gasteiger partial charge on any atom is -0.350 e. The van der Waals surface area contributed by atoms with Gasteiger partial charge in [-0.05, 0) is 32.9 Å². The molecule has 0 aromatic carbocycles. The van der Waals surface area contributed by atoms with E-state index >= 15 is 0 Å². The van der Waals surface area contributed by atoms with Crippen molar-refractivity contribution in [2.24, 2.45) is 0 Å². The molecule has 1 saturated heterocycles. The van der Waals surface area contributed by atoms with E-state index in [0.717, 1.165) is 24.6 Å². The van der Waals surface area contributed by atoms with Crippen LogP contribution in [0.4, 0.5) is 5.82 Å². The van der Waals surface area contributed by atoms with Crippen LogP contribution >= 0.6 is 0 Å². The van der Waals surface area contributed by atoms with E-state index in [9.17, 15) is 0 Å². The molecule has 17 heavy (non-hydrogen) atoms. The van der Waals surface area contributed by atoms with Gasteiger partial charge in [-0.2, -0.15) is 5.26 Å². The van der Waals surface area contributed by atoms with Crippen LogP contribution in [0.25, 0.3) is 0 Å². The third-order valence-electron chi connectivity index (χ3n) is 3.17. The summed E-state index contributed by atoms with van der Waals surface area (Å²) in [6.45, 7) is 8.10. The summed E-state index contributed by atoms with van der Waals surface area (Å²) in [6, 6.07) is 6.78. The number of piperazine rings is 1. The van der Waals surface area contributed by atoms with Crippen LogP contribution in [0.1, 0.15) is 25.1 Å². The summed E-state index contributed by atoms with van der Waals surface area (Å²) in [4.78, 5) is 6.76. The Balaban J connectivity index is 2.38. The first-order valence-corrected chi connectivity index (χ1v) is 5.99. The van der Waals surface area contributed by atoms with Gasteiger partial charge in [0.25, 0.3) is 0 Å². The van der Waals surface area contributed by atoms with Gasteiger partial charge in [0, 0.05) is 30.9 Å². The number of anilines is 1. The van der Waals surface area contributed by atoms with Crippen molar-refractivity contribution in [2.75, 3.05) is 18.0 Å². The van der Waals surface area contributed by atoms with Crippen LogP contribution in [0.2, 0.25) is 0 Å². The molecule has 1 aromatic rings. The summed E-state index contributed by atoms with van der Waals surface area (Å²) in [5.74, 6) is 0.827. The molecule has 0 aliphatic carbocycles. The average molecular weight is 230 g/mol. The van der Waals surface area contributed by atoms with Crippen LogP contribution in [0.5, 0.6) is 0 Å². The lowest BCUT2D eigenvalue weighted by molar-refractivity contribution is 0.422. The quantitative estimate of drug-likeness (QED) is 0.793. The maximum absolute atomic E-state index is 9.16. The van der Waals surface area contributed by atoms with E-state index in [1.165, 1.54) is 0 Å². The molecule has 2 atom stereocenters. The Hall–Kier alpha value is -1.60. The van der Waals surface area contributed by atoms with Crippen molar-refractivity contribution in [1.29, 1.82) is 5.26 Å². The first-order valence-electron chi connectivity index (χ1n) is 5.99. The Bertz CT molecular complexity index is 449. The van der Waals surface area contributed by atoms with E-state index < -0.39 is 0 Å². The molecule has 0 amide bonds. The van der Waals surface area contributed by atoms with E-state index in [1.807, 2.05) is 19.1 Å². The van der Waals surface area contributed by atoms with Crippen LogP contribution < -0.4 is 10.2 Å². The van der Waals surface area contributed by atoms with Gasteiger partial charge in [0.05, 0.1) is 5.56 Å². The van der Waals surface area contributed by atoms with Gasteiger partial charge in [0.15, 0.2) is 0 Å². The fourth-order valence-corrected chi connectivity index (χ4v) is 2.17. The second-order valence-electron chi connectivity index (χ2n) is 4.75. The van der Waals surface area contributed by atoms with Crippen molar-refractivity contribution in [3.05, 3.63) is 23.4 Å². The highest BCUT2D eigenvalue weighted by atomic mass is 15.3. The standard InChI is InChI=1S/C13H18N4/c1-9-4-5-12(6-14)13(16-9)17-8-10(2)15-7-11(17)3/h4-5,10-11,15H,7-8H2,1-3H3. The molecule has 90 valence electrons. The lowest BCUT2D eigenvalue weighted by Gasteiger charge is -2.38. The van der Waals surface area contributed by atoms with Crippen molar-refractivity contribution in [1.82, 2.24) is 10.3 Å². The second kappa shape index (κ2) is 4.72. The maximum atomic E-state index is 9.16. The SMILES string of the molecule is Cc1ccc(C#N)c(N2CC(C)NCC2C)n1. The number of aryl methyl sites for hydroxylation is 1. The summed E-state index contributed by atoms with van der Waals surface area (Å²) in [5.41, 5.74) is 1.62. The third-order valence-corrected chi connectivity index (χ3v) is 3.17.